The molecule has 2 aliphatic rings. The van der Waals surface area contributed by atoms with Crippen LogP contribution in [0.25, 0.3) is 0 Å². The number of fused-ring (bicyclic) bond motifs is 1. The molecule has 0 amide bonds. The fraction of sp³-hybridized carbons (Fsp3) is 0.524. The monoisotopic (exact) mass is 438 g/mol. The molecule has 2 aliphatic heterocycles. The number of hydrogen-bond donors (Lipinski definition) is 1. The molecule has 0 bridgehead atoms. The third kappa shape index (κ3) is 4.50. The first-order valence-electron chi connectivity index (χ1n) is 10.2. The van der Waals surface area contributed by atoms with Gasteiger partial charge in [-0.2, -0.15) is 0 Å². The fourth-order valence-corrected chi connectivity index (χ4v) is 7.84. The summed E-state index contributed by atoms with van der Waals surface area (Å²) in [7, 11) is -3.31. The highest BCUT2D eigenvalue weighted by atomic mass is 32.2. The number of thiophene rings is 1. The van der Waals surface area contributed by atoms with Gasteiger partial charge in [-0.15, -0.1) is 11.3 Å². The number of rotatable bonds is 6. The van der Waals surface area contributed by atoms with Crippen LogP contribution in [0.15, 0.2) is 39.9 Å². The largest absolute Gasteiger partial charge is 0.388 e. The quantitative estimate of drug-likeness (QED) is 0.700. The van der Waals surface area contributed by atoms with Gasteiger partial charge in [0, 0.05) is 37.4 Å². The number of aliphatic hydroxyl groups is 1. The van der Waals surface area contributed by atoms with E-state index in [0.717, 1.165) is 51.3 Å². The van der Waals surface area contributed by atoms with Crippen LogP contribution in [-0.4, -0.2) is 56.4 Å². The summed E-state index contributed by atoms with van der Waals surface area (Å²) in [5.74, 6) is -0.213. The number of halogens is 1. The highest BCUT2D eigenvalue weighted by Gasteiger charge is 2.38. The lowest BCUT2D eigenvalue weighted by Gasteiger charge is -2.36. The van der Waals surface area contributed by atoms with Gasteiger partial charge < -0.3 is 10.0 Å². The van der Waals surface area contributed by atoms with Gasteiger partial charge >= 0.3 is 0 Å². The van der Waals surface area contributed by atoms with Gasteiger partial charge in [-0.05, 0) is 61.5 Å². The summed E-state index contributed by atoms with van der Waals surface area (Å²) in [4.78, 5) is 4.67. The second-order valence-corrected chi connectivity index (χ2v) is 11.2. The van der Waals surface area contributed by atoms with Crippen LogP contribution in [0.1, 0.15) is 37.4 Å². The van der Waals surface area contributed by atoms with E-state index in [9.17, 15) is 17.9 Å². The van der Waals surface area contributed by atoms with E-state index in [1.165, 1.54) is 23.5 Å². The van der Waals surface area contributed by atoms with Crippen molar-refractivity contribution in [2.24, 2.45) is 0 Å². The van der Waals surface area contributed by atoms with Crippen LogP contribution in [0.4, 0.5) is 10.1 Å². The highest BCUT2D eigenvalue weighted by Crippen LogP contribution is 2.41. The third-order valence-corrected chi connectivity index (χ3v) is 9.78. The predicted octanol–water partition coefficient (Wildman–Crippen LogP) is 3.46. The number of aliphatic hydroxyl groups excluding tert-OH is 1. The van der Waals surface area contributed by atoms with Crippen molar-refractivity contribution in [3.8, 4) is 0 Å². The lowest BCUT2D eigenvalue weighted by molar-refractivity contribution is 0.158. The van der Waals surface area contributed by atoms with Crippen molar-refractivity contribution in [3.05, 3.63) is 47.1 Å². The second kappa shape index (κ2) is 8.71. The molecule has 1 fully saturated rings. The lowest BCUT2D eigenvalue weighted by Crippen LogP contribution is -2.46. The van der Waals surface area contributed by atoms with E-state index in [1.54, 1.807) is 11.4 Å². The second-order valence-electron chi connectivity index (χ2n) is 7.88. The molecule has 4 rings (SSSR count). The number of piperazine rings is 1. The van der Waals surface area contributed by atoms with Crippen LogP contribution in [-0.2, 0) is 9.84 Å². The maximum atomic E-state index is 13.1. The van der Waals surface area contributed by atoms with Crippen LogP contribution in [0.5, 0.6) is 0 Å². The van der Waals surface area contributed by atoms with Crippen molar-refractivity contribution >= 4 is 26.9 Å². The Hall–Kier alpha value is -1.48. The molecule has 0 saturated carbocycles. The van der Waals surface area contributed by atoms with E-state index in [2.05, 4.69) is 9.80 Å². The molecule has 158 valence electrons. The van der Waals surface area contributed by atoms with Gasteiger partial charge in [0.25, 0.3) is 0 Å². The third-order valence-electron chi connectivity index (χ3n) is 6.02. The topological polar surface area (TPSA) is 60.9 Å². The Morgan fingerprint density at radius 2 is 1.79 bits per heavy atom. The van der Waals surface area contributed by atoms with Crippen molar-refractivity contribution in [1.82, 2.24) is 4.90 Å². The zero-order valence-electron chi connectivity index (χ0n) is 16.3. The van der Waals surface area contributed by atoms with Crippen LogP contribution in [0, 0.1) is 5.82 Å². The average Bonchev–Trinajstić information content (AvgIpc) is 3.22. The van der Waals surface area contributed by atoms with Gasteiger partial charge in [-0.1, -0.05) is 6.42 Å². The van der Waals surface area contributed by atoms with Crippen molar-refractivity contribution in [2.75, 3.05) is 37.6 Å². The van der Waals surface area contributed by atoms with Crippen molar-refractivity contribution < 1.29 is 17.9 Å². The van der Waals surface area contributed by atoms with Crippen LogP contribution in [0.3, 0.4) is 0 Å². The van der Waals surface area contributed by atoms with Gasteiger partial charge in [0.15, 0.2) is 9.84 Å². The highest BCUT2D eigenvalue weighted by molar-refractivity contribution is 7.94. The van der Waals surface area contributed by atoms with E-state index in [4.69, 9.17) is 0 Å². The molecule has 5 nitrogen and oxygen atoms in total. The van der Waals surface area contributed by atoms with Crippen molar-refractivity contribution in [3.63, 3.8) is 0 Å². The van der Waals surface area contributed by atoms with E-state index in [1.807, 2.05) is 12.1 Å². The zero-order chi connectivity index (χ0) is 20.4. The molecule has 0 aliphatic carbocycles. The Kier molecular flexibility index (Phi) is 6.24. The number of sulfone groups is 1. The first kappa shape index (κ1) is 20.8. The summed E-state index contributed by atoms with van der Waals surface area (Å²) in [6, 6.07) is 8.37. The lowest BCUT2D eigenvalue weighted by atomic mass is 10.0. The van der Waals surface area contributed by atoms with Gasteiger partial charge in [0.1, 0.15) is 10.0 Å². The summed E-state index contributed by atoms with van der Waals surface area (Å²) < 4.78 is 38.9. The first-order chi connectivity index (χ1) is 13.9. The molecule has 3 heterocycles. The SMILES string of the molecule is O=S1(=O)c2sccc2C(O)CC1CCCCN1CCN(c2ccc(F)cc2)CC1. The van der Waals surface area contributed by atoms with Gasteiger partial charge in [-0.25, -0.2) is 12.8 Å². The summed E-state index contributed by atoms with van der Waals surface area (Å²) in [5, 5.41) is 11.5. The van der Waals surface area contributed by atoms with E-state index >= 15 is 0 Å². The first-order valence-corrected chi connectivity index (χ1v) is 12.6. The molecule has 2 atom stereocenters. The van der Waals surface area contributed by atoms with E-state index < -0.39 is 21.2 Å². The van der Waals surface area contributed by atoms with Gasteiger partial charge in [-0.3, -0.25) is 4.90 Å². The molecular formula is C21H27FN2O3S2. The molecule has 1 N–H and O–H groups in total. The molecule has 1 aromatic carbocycles. The van der Waals surface area contributed by atoms with Crippen LogP contribution < -0.4 is 4.90 Å². The van der Waals surface area contributed by atoms with Crippen molar-refractivity contribution in [1.29, 1.82) is 0 Å². The number of hydrogen-bond acceptors (Lipinski definition) is 6. The smallest absolute Gasteiger partial charge is 0.191 e. The molecule has 29 heavy (non-hydrogen) atoms. The minimum Gasteiger partial charge on any atom is -0.388 e. The summed E-state index contributed by atoms with van der Waals surface area (Å²) in [6.45, 7) is 4.69. The Morgan fingerprint density at radius 3 is 2.52 bits per heavy atom. The molecule has 1 saturated heterocycles. The van der Waals surface area contributed by atoms with Crippen LogP contribution >= 0.6 is 11.3 Å². The Bertz CT molecular complexity index is 922. The molecular weight excluding hydrogens is 411 g/mol. The normalized spacial score (nSPS) is 24.4. The number of nitrogens with zero attached hydrogens (tertiary/aromatic N) is 2. The molecule has 0 radical (unpaired) electrons. The number of unbranched alkanes of at least 4 members (excludes halogenated alkanes) is 1. The summed E-state index contributed by atoms with van der Waals surface area (Å²) in [5.41, 5.74) is 1.63. The predicted molar refractivity (Wildman–Crippen MR) is 114 cm³/mol. The molecule has 2 unspecified atom stereocenters. The number of benzene rings is 1. The van der Waals surface area contributed by atoms with Crippen molar-refractivity contribution in [2.45, 2.75) is 41.2 Å². The molecule has 1 aromatic heterocycles. The Balaban J connectivity index is 1.21. The molecule has 0 spiro atoms. The molecule has 2 aromatic rings. The average molecular weight is 439 g/mol. The van der Waals surface area contributed by atoms with Crippen LogP contribution in [0.2, 0.25) is 0 Å². The van der Waals surface area contributed by atoms with E-state index in [0.29, 0.717) is 22.6 Å². The van der Waals surface area contributed by atoms with Gasteiger partial charge in [0.05, 0.1) is 11.4 Å². The fourth-order valence-electron chi connectivity index (χ4n) is 4.30. The maximum Gasteiger partial charge on any atom is 0.191 e. The van der Waals surface area contributed by atoms with E-state index in [-0.39, 0.29) is 5.82 Å². The minimum absolute atomic E-state index is 0.213. The standard InChI is InChI=1S/C21H27FN2O3S2/c22-16-4-6-17(7-5-16)24-12-10-23(11-13-24)9-2-1-3-18-15-20(25)19-8-14-28-21(19)29(18,26)27/h4-8,14,18,20,25H,1-3,9-13,15H2. The zero-order valence-corrected chi connectivity index (χ0v) is 18.0. The summed E-state index contributed by atoms with van der Waals surface area (Å²) in [6.07, 6.45) is 2.05. The number of anilines is 1. The van der Waals surface area contributed by atoms with Gasteiger partial charge in [0.2, 0.25) is 0 Å². The summed E-state index contributed by atoms with van der Waals surface area (Å²) >= 11 is 1.22. The molecule has 8 heteroatoms. The Labute approximate surface area is 175 Å². The minimum atomic E-state index is -3.31. The maximum absolute atomic E-state index is 13.1. The Morgan fingerprint density at radius 1 is 1.07 bits per heavy atom.